The molecule has 0 atom stereocenters. The first-order valence-electron chi connectivity index (χ1n) is 10.1. The summed E-state index contributed by atoms with van der Waals surface area (Å²) < 4.78 is 2.07. The molecule has 0 aliphatic heterocycles. The molecule has 1 saturated carbocycles. The predicted molar refractivity (Wildman–Crippen MR) is 108 cm³/mol. The minimum absolute atomic E-state index is 0.207. The molecule has 1 aromatic heterocycles. The Balaban J connectivity index is 1.71. The predicted octanol–water partition coefficient (Wildman–Crippen LogP) is 3.12. The maximum atomic E-state index is 12.3. The first-order valence-corrected chi connectivity index (χ1v) is 10.1. The molecule has 0 spiro atoms. The largest absolute Gasteiger partial charge is 0.393 e. The van der Waals surface area contributed by atoms with E-state index in [1.54, 1.807) is 6.07 Å². The molecule has 0 saturated heterocycles. The van der Waals surface area contributed by atoms with E-state index < -0.39 is 5.91 Å². The number of primary amides is 1. The number of aryl methyl sites for hydroxylation is 1. The number of carbonyl (C=O) groups excluding carboxylic acids is 2. The van der Waals surface area contributed by atoms with Crippen LogP contribution in [0, 0.1) is 6.92 Å². The second kappa shape index (κ2) is 7.43. The van der Waals surface area contributed by atoms with Crippen LogP contribution in [-0.4, -0.2) is 33.5 Å². The minimum atomic E-state index is -0.467. The van der Waals surface area contributed by atoms with Gasteiger partial charge in [0, 0.05) is 41.3 Å². The Kier molecular flexibility index (Phi) is 4.98. The van der Waals surface area contributed by atoms with E-state index in [1.807, 2.05) is 25.3 Å². The molecule has 1 aromatic carbocycles. The molecule has 6 heteroatoms. The highest BCUT2D eigenvalue weighted by molar-refractivity contribution is 6.00. The maximum Gasteiger partial charge on any atom is 0.250 e. The van der Waals surface area contributed by atoms with E-state index in [2.05, 4.69) is 9.88 Å². The number of nitrogens with one attached hydrogen (secondary N) is 1. The summed E-state index contributed by atoms with van der Waals surface area (Å²) in [5.74, 6) is -0.254. The van der Waals surface area contributed by atoms with Gasteiger partial charge in [0.1, 0.15) is 0 Å². The fraction of sp³-hybridized carbons (Fsp3) is 0.455. The fourth-order valence-electron chi connectivity index (χ4n) is 4.54. The maximum absolute atomic E-state index is 12.3. The number of nitrogens with two attached hydrogens (primary N) is 1. The van der Waals surface area contributed by atoms with Gasteiger partial charge < -0.3 is 20.7 Å². The third-order valence-electron chi connectivity index (χ3n) is 6.00. The lowest BCUT2D eigenvalue weighted by Gasteiger charge is -2.28. The molecule has 4 rings (SSSR count). The van der Waals surface area contributed by atoms with Gasteiger partial charge in [-0.3, -0.25) is 9.59 Å². The highest BCUT2D eigenvalue weighted by Gasteiger charge is 2.25. The van der Waals surface area contributed by atoms with Crippen LogP contribution in [-0.2, 0) is 6.42 Å². The average Bonchev–Trinajstić information content (AvgIpc) is 3.01. The van der Waals surface area contributed by atoms with Crippen molar-refractivity contribution in [2.45, 2.75) is 64.0 Å². The quantitative estimate of drug-likeness (QED) is 0.758. The van der Waals surface area contributed by atoms with Crippen LogP contribution in [0.25, 0.3) is 5.69 Å². The zero-order valence-electron chi connectivity index (χ0n) is 16.2. The molecule has 1 heterocycles. The van der Waals surface area contributed by atoms with Crippen LogP contribution in [0.15, 0.2) is 24.4 Å². The molecular weight excluding hydrogens is 354 g/mol. The van der Waals surface area contributed by atoms with Crippen molar-refractivity contribution in [3.05, 3.63) is 46.8 Å². The van der Waals surface area contributed by atoms with Gasteiger partial charge in [-0.15, -0.1) is 0 Å². The van der Waals surface area contributed by atoms with Crippen molar-refractivity contribution in [2.75, 3.05) is 5.32 Å². The Morgan fingerprint density at radius 2 is 1.96 bits per heavy atom. The highest BCUT2D eigenvalue weighted by Crippen LogP contribution is 2.31. The number of Topliss-reactive ketones (excluding diaryl/α,β-unsaturated/α-hetero) is 1. The van der Waals surface area contributed by atoms with Gasteiger partial charge in [-0.05, 0) is 69.2 Å². The van der Waals surface area contributed by atoms with Crippen LogP contribution in [0.1, 0.15) is 70.5 Å². The third-order valence-corrected chi connectivity index (χ3v) is 6.00. The van der Waals surface area contributed by atoms with E-state index in [0.717, 1.165) is 61.0 Å². The number of fused-ring (bicyclic) bond motifs is 1. The second-order valence-corrected chi connectivity index (χ2v) is 8.02. The van der Waals surface area contributed by atoms with Crippen LogP contribution >= 0.6 is 0 Å². The SMILES string of the molecule is Cc1cn(-c2ccc(C(N)=O)c(N[C@H]3CC[C@H](O)CC3)c2)c2c1C(=O)CCC2. The minimum Gasteiger partial charge on any atom is -0.393 e. The molecule has 6 nitrogen and oxygen atoms in total. The van der Waals surface area contributed by atoms with Crippen molar-refractivity contribution in [2.24, 2.45) is 5.73 Å². The van der Waals surface area contributed by atoms with Crippen molar-refractivity contribution in [3.63, 3.8) is 0 Å². The molecule has 2 aliphatic rings. The molecule has 0 unspecified atom stereocenters. The molecule has 2 aromatic rings. The van der Waals surface area contributed by atoms with Gasteiger partial charge in [-0.1, -0.05) is 0 Å². The smallest absolute Gasteiger partial charge is 0.250 e. The topological polar surface area (TPSA) is 97.3 Å². The monoisotopic (exact) mass is 381 g/mol. The third kappa shape index (κ3) is 3.44. The Labute approximate surface area is 164 Å². The molecule has 0 radical (unpaired) electrons. The lowest BCUT2D eigenvalue weighted by molar-refractivity contribution is 0.0969. The van der Waals surface area contributed by atoms with Gasteiger partial charge in [0.05, 0.1) is 11.7 Å². The van der Waals surface area contributed by atoms with Gasteiger partial charge >= 0.3 is 0 Å². The number of nitrogens with zero attached hydrogens (tertiary/aromatic N) is 1. The van der Waals surface area contributed by atoms with Gasteiger partial charge in [-0.2, -0.15) is 0 Å². The normalized spacial score (nSPS) is 22.0. The van der Waals surface area contributed by atoms with E-state index in [-0.39, 0.29) is 17.9 Å². The number of rotatable bonds is 4. The van der Waals surface area contributed by atoms with E-state index >= 15 is 0 Å². The van der Waals surface area contributed by atoms with Gasteiger partial charge in [0.25, 0.3) is 5.91 Å². The van der Waals surface area contributed by atoms with Crippen molar-refractivity contribution in [1.82, 2.24) is 4.57 Å². The number of ketones is 1. The lowest BCUT2D eigenvalue weighted by atomic mass is 9.92. The molecule has 148 valence electrons. The molecular formula is C22H27N3O3. The van der Waals surface area contributed by atoms with Crippen molar-refractivity contribution >= 4 is 17.4 Å². The Hall–Kier alpha value is -2.60. The summed E-state index contributed by atoms with van der Waals surface area (Å²) >= 11 is 0. The van der Waals surface area contributed by atoms with Crippen LogP contribution in [0.2, 0.25) is 0 Å². The molecule has 1 fully saturated rings. The first-order chi connectivity index (χ1) is 13.4. The number of benzene rings is 1. The van der Waals surface area contributed by atoms with E-state index in [9.17, 15) is 14.7 Å². The second-order valence-electron chi connectivity index (χ2n) is 8.02. The molecule has 4 N–H and O–H groups in total. The number of hydrogen-bond acceptors (Lipinski definition) is 4. The standard InChI is InChI=1S/C22H27N3O3/c1-13-12-25(19-3-2-4-20(27)21(13)19)15-7-10-17(22(23)28)18(11-15)24-14-5-8-16(26)9-6-14/h7,10-12,14,16,24,26H,2-6,8-9H2,1H3,(H2,23,28)/t14-,16-. The lowest BCUT2D eigenvalue weighted by Crippen LogP contribution is -2.29. The summed E-state index contributed by atoms with van der Waals surface area (Å²) in [6.07, 6.45) is 7.36. The Bertz CT molecular complexity index is 923. The number of amides is 1. The van der Waals surface area contributed by atoms with Gasteiger partial charge in [0.15, 0.2) is 5.78 Å². The van der Waals surface area contributed by atoms with Crippen LogP contribution in [0.3, 0.4) is 0 Å². The van der Waals surface area contributed by atoms with E-state index in [4.69, 9.17) is 5.73 Å². The van der Waals surface area contributed by atoms with Crippen LogP contribution < -0.4 is 11.1 Å². The van der Waals surface area contributed by atoms with Gasteiger partial charge in [-0.25, -0.2) is 0 Å². The van der Waals surface area contributed by atoms with Crippen LogP contribution in [0.5, 0.6) is 0 Å². The summed E-state index contributed by atoms with van der Waals surface area (Å²) in [5, 5.41) is 13.2. The highest BCUT2D eigenvalue weighted by atomic mass is 16.3. The average molecular weight is 381 g/mol. The van der Waals surface area contributed by atoms with Crippen molar-refractivity contribution < 1.29 is 14.7 Å². The number of aliphatic hydroxyl groups excluding tert-OH is 1. The Morgan fingerprint density at radius 3 is 2.68 bits per heavy atom. The van der Waals surface area contributed by atoms with Crippen molar-refractivity contribution in [1.29, 1.82) is 0 Å². The summed E-state index contributed by atoms with van der Waals surface area (Å²) in [6.45, 7) is 1.98. The molecule has 0 bridgehead atoms. The summed E-state index contributed by atoms with van der Waals surface area (Å²) in [7, 11) is 0. The van der Waals surface area contributed by atoms with E-state index in [1.165, 1.54) is 0 Å². The summed E-state index contributed by atoms with van der Waals surface area (Å²) in [6, 6.07) is 5.79. The first kappa shape index (κ1) is 18.7. The number of aromatic nitrogens is 1. The number of aliphatic hydroxyl groups is 1. The van der Waals surface area contributed by atoms with E-state index in [0.29, 0.717) is 17.7 Å². The van der Waals surface area contributed by atoms with Gasteiger partial charge in [0.2, 0.25) is 0 Å². The molecule has 28 heavy (non-hydrogen) atoms. The summed E-state index contributed by atoms with van der Waals surface area (Å²) in [5.41, 5.74) is 10.6. The fourth-order valence-corrected chi connectivity index (χ4v) is 4.54. The van der Waals surface area contributed by atoms with Crippen molar-refractivity contribution in [3.8, 4) is 5.69 Å². The zero-order valence-corrected chi connectivity index (χ0v) is 16.2. The Morgan fingerprint density at radius 1 is 1.21 bits per heavy atom. The number of anilines is 1. The van der Waals surface area contributed by atoms with Crippen LogP contribution in [0.4, 0.5) is 5.69 Å². The summed E-state index contributed by atoms with van der Waals surface area (Å²) in [4.78, 5) is 24.3. The number of carbonyl (C=O) groups is 2. The molecule has 2 aliphatic carbocycles. The zero-order chi connectivity index (χ0) is 19.8. The number of hydrogen-bond donors (Lipinski definition) is 3. The molecule has 1 amide bonds.